The molecule has 1 heteroatoms. The van der Waals surface area contributed by atoms with Crippen molar-refractivity contribution in [3.8, 4) is 11.8 Å². The second-order valence-electron chi connectivity index (χ2n) is 4.30. The maximum absolute atomic E-state index is 9.22. The van der Waals surface area contributed by atoms with Crippen LogP contribution in [0.25, 0.3) is 0 Å². The van der Waals surface area contributed by atoms with E-state index in [1.807, 2.05) is 6.08 Å². The summed E-state index contributed by atoms with van der Waals surface area (Å²) < 4.78 is 0. The van der Waals surface area contributed by atoms with E-state index in [9.17, 15) is 5.11 Å². The molecule has 0 saturated heterocycles. The summed E-state index contributed by atoms with van der Waals surface area (Å²) in [5.74, 6) is 6.86. The molecule has 0 saturated carbocycles. The van der Waals surface area contributed by atoms with Crippen molar-refractivity contribution in [2.45, 2.75) is 32.6 Å². The summed E-state index contributed by atoms with van der Waals surface area (Å²) in [7, 11) is 0. The number of allylic oxidation sites excluding steroid dienone is 8. The van der Waals surface area contributed by atoms with Crippen molar-refractivity contribution in [2.24, 2.45) is 0 Å². The molecule has 0 spiro atoms. The van der Waals surface area contributed by atoms with E-state index in [1.165, 1.54) is 11.1 Å². The van der Waals surface area contributed by atoms with Crippen LogP contribution in [0.3, 0.4) is 0 Å². The van der Waals surface area contributed by atoms with E-state index in [0.717, 1.165) is 31.3 Å². The standard InChI is InChI=1S/C15H16O/c1-12-2-4-13(5-3-12)6-7-14-8-10-15(16)11-9-14/h2,4,8,10,16H,3,5,9,11H2,1H3. The van der Waals surface area contributed by atoms with Crippen LogP contribution in [0.15, 0.2) is 46.8 Å². The first-order valence-corrected chi connectivity index (χ1v) is 5.71. The largest absolute Gasteiger partial charge is 0.512 e. The van der Waals surface area contributed by atoms with Gasteiger partial charge < -0.3 is 5.11 Å². The van der Waals surface area contributed by atoms with Gasteiger partial charge in [0.15, 0.2) is 0 Å². The monoisotopic (exact) mass is 212 g/mol. The Bertz CT molecular complexity index is 419. The third-order valence-electron chi connectivity index (χ3n) is 2.87. The summed E-state index contributed by atoms with van der Waals surface area (Å²) in [6.45, 7) is 2.15. The highest BCUT2D eigenvalue weighted by molar-refractivity contribution is 5.43. The van der Waals surface area contributed by atoms with E-state index in [0.29, 0.717) is 5.76 Å². The topological polar surface area (TPSA) is 20.2 Å². The summed E-state index contributed by atoms with van der Waals surface area (Å²) >= 11 is 0. The SMILES string of the molecule is CC1=CC=C(C#CC2=CC=C(O)CC2)CC1. The molecule has 2 aliphatic carbocycles. The predicted octanol–water partition coefficient (Wildman–Crippen LogP) is 3.82. The minimum atomic E-state index is 0.459. The smallest absolute Gasteiger partial charge is 0.0926 e. The van der Waals surface area contributed by atoms with Crippen molar-refractivity contribution in [1.82, 2.24) is 0 Å². The van der Waals surface area contributed by atoms with Gasteiger partial charge in [0.2, 0.25) is 0 Å². The molecule has 0 fully saturated rings. The van der Waals surface area contributed by atoms with E-state index >= 15 is 0 Å². The normalized spacial score (nSPS) is 19.8. The van der Waals surface area contributed by atoms with Gasteiger partial charge in [-0.2, -0.15) is 0 Å². The first-order chi connectivity index (χ1) is 7.74. The molecule has 0 aliphatic heterocycles. The van der Waals surface area contributed by atoms with Crippen LogP contribution in [0.2, 0.25) is 0 Å². The van der Waals surface area contributed by atoms with Crippen molar-refractivity contribution in [3.63, 3.8) is 0 Å². The van der Waals surface area contributed by atoms with Crippen molar-refractivity contribution in [2.75, 3.05) is 0 Å². The van der Waals surface area contributed by atoms with E-state index in [1.54, 1.807) is 6.08 Å². The fourth-order valence-electron chi connectivity index (χ4n) is 1.74. The summed E-state index contributed by atoms with van der Waals surface area (Å²) in [6.07, 6.45) is 11.7. The third kappa shape index (κ3) is 2.90. The van der Waals surface area contributed by atoms with Crippen molar-refractivity contribution >= 4 is 0 Å². The fraction of sp³-hybridized carbons (Fsp3) is 0.333. The number of hydrogen-bond donors (Lipinski definition) is 1. The lowest BCUT2D eigenvalue weighted by Gasteiger charge is -2.07. The lowest BCUT2D eigenvalue weighted by molar-refractivity contribution is 0.386. The average Bonchev–Trinajstić information content (AvgIpc) is 2.30. The quantitative estimate of drug-likeness (QED) is 0.605. The van der Waals surface area contributed by atoms with Gasteiger partial charge in [0.1, 0.15) is 0 Å². The molecule has 0 aromatic rings. The molecule has 1 nitrogen and oxygen atoms in total. The van der Waals surface area contributed by atoms with Crippen LogP contribution in [0.1, 0.15) is 32.6 Å². The zero-order valence-corrected chi connectivity index (χ0v) is 9.59. The first kappa shape index (κ1) is 10.8. The van der Waals surface area contributed by atoms with E-state index in [2.05, 4.69) is 30.9 Å². The van der Waals surface area contributed by atoms with E-state index < -0.39 is 0 Å². The van der Waals surface area contributed by atoms with Gasteiger partial charge in [0.05, 0.1) is 5.76 Å². The Morgan fingerprint density at radius 2 is 1.50 bits per heavy atom. The lowest BCUT2D eigenvalue weighted by Crippen LogP contribution is -1.92. The molecule has 1 N–H and O–H groups in total. The maximum Gasteiger partial charge on any atom is 0.0926 e. The van der Waals surface area contributed by atoms with Crippen LogP contribution < -0.4 is 0 Å². The average molecular weight is 212 g/mol. The molecular weight excluding hydrogens is 196 g/mol. The number of aliphatic hydroxyl groups excluding tert-OH is 1. The highest BCUT2D eigenvalue weighted by atomic mass is 16.3. The van der Waals surface area contributed by atoms with Gasteiger partial charge in [-0.15, -0.1) is 0 Å². The van der Waals surface area contributed by atoms with Gasteiger partial charge in [0, 0.05) is 17.6 Å². The lowest BCUT2D eigenvalue weighted by atomic mass is 9.99. The van der Waals surface area contributed by atoms with Gasteiger partial charge in [0.25, 0.3) is 0 Å². The number of rotatable bonds is 0. The second-order valence-corrected chi connectivity index (χ2v) is 4.30. The highest BCUT2D eigenvalue weighted by Crippen LogP contribution is 2.18. The molecule has 0 heterocycles. The third-order valence-corrected chi connectivity index (χ3v) is 2.87. The summed E-state index contributed by atoms with van der Waals surface area (Å²) in [4.78, 5) is 0. The minimum absolute atomic E-state index is 0.459. The van der Waals surface area contributed by atoms with E-state index in [-0.39, 0.29) is 0 Å². The number of aliphatic hydroxyl groups is 1. The first-order valence-electron chi connectivity index (χ1n) is 5.71. The van der Waals surface area contributed by atoms with Gasteiger partial charge in [-0.1, -0.05) is 29.6 Å². The molecular formula is C15H16O. The Balaban J connectivity index is 2.06. The Morgan fingerprint density at radius 3 is 2.00 bits per heavy atom. The molecule has 2 aliphatic rings. The van der Waals surface area contributed by atoms with Crippen LogP contribution in [0, 0.1) is 11.8 Å². The fourth-order valence-corrected chi connectivity index (χ4v) is 1.74. The molecule has 0 radical (unpaired) electrons. The Hall–Kier alpha value is -1.68. The van der Waals surface area contributed by atoms with Crippen molar-refractivity contribution in [3.05, 3.63) is 46.8 Å². The summed E-state index contributed by atoms with van der Waals surface area (Å²) in [5.41, 5.74) is 3.76. The Morgan fingerprint density at radius 1 is 0.875 bits per heavy atom. The van der Waals surface area contributed by atoms with Crippen LogP contribution in [-0.2, 0) is 0 Å². The van der Waals surface area contributed by atoms with Crippen LogP contribution in [0.5, 0.6) is 0 Å². The molecule has 0 atom stereocenters. The Kier molecular flexibility index (Phi) is 3.31. The highest BCUT2D eigenvalue weighted by Gasteiger charge is 2.03. The van der Waals surface area contributed by atoms with Crippen LogP contribution in [0.4, 0.5) is 0 Å². The molecule has 0 bridgehead atoms. The second kappa shape index (κ2) is 4.90. The molecule has 0 aromatic carbocycles. The zero-order valence-electron chi connectivity index (χ0n) is 9.59. The molecule has 0 unspecified atom stereocenters. The van der Waals surface area contributed by atoms with Crippen molar-refractivity contribution in [1.29, 1.82) is 0 Å². The molecule has 2 rings (SSSR count). The van der Waals surface area contributed by atoms with Gasteiger partial charge in [-0.3, -0.25) is 0 Å². The minimum Gasteiger partial charge on any atom is -0.512 e. The van der Waals surface area contributed by atoms with Gasteiger partial charge >= 0.3 is 0 Å². The van der Waals surface area contributed by atoms with Gasteiger partial charge in [-0.05, 0) is 38.3 Å². The van der Waals surface area contributed by atoms with Crippen LogP contribution >= 0.6 is 0 Å². The maximum atomic E-state index is 9.22. The molecule has 16 heavy (non-hydrogen) atoms. The summed E-state index contributed by atoms with van der Waals surface area (Å²) in [5, 5.41) is 9.22. The Labute approximate surface area is 96.9 Å². The van der Waals surface area contributed by atoms with E-state index in [4.69, 9.17) is 0 Å². The number of hydrogen-bond acceptors (Lipinski definition) is 1. The molecule has 0 aromatic heterocycles. The van der Waals surface area contributed by atoms with Crippen molar-refractivity contribution < 1.29 is 5.11 Å². The summed E-state index contributed by atoms with van der Waals surface area (Å²) in [6, 6.07) is 0. The molecule has 82 valence electrons. The van der Waals surface area contributed by atoms with Gasteiger partial charge in [-0.25, -0.2) is 0 Å². The zero-order chi connectivity index (χ0) is 11.4. The predicted molar refractivity (Wildman–Crippen MR) is 66.9 cm³/mol. The molecule has 0 amide bonds. The van der Waals surface area contributed by atoms with Crippen LogP contribution in [-0.4, -0.2) is 5.11 Å².